The molecule has 0 spiro atoms. The third-order valence-corrected chi connectivity index (χ3v) is 2.11. The van der Waals surface area contributed by atoms with Gasteiger partial charge in [0.05, 0.1) is 0 Å². The summed E-state index contributed by atoms with van der Waals surface area (Å²) >= 11 is 0. The van der Waals surface area contributed by atoms with E-state index >= 15 is 0 Å². The Bertz CT molecular complexity index is 479. The molecule has 1 heterocycles. The third-order valence-electron chi connectivity index (χ3n) is 2.11. The second kappa shape index (κ2) is 3.73. The molecule has 15 heavy (non-hydrogen) atoms. The van der Waals surface area contributed by atoms with Crippen LogP contribution in [0.4, 0.5) is 10.4 Å². The molecule has 0 aliphatic heterocycles. The Morgan fingerprint density at radius 1 is 1.40 bits per heavy atom. The van der Waals surface area contributed by atoms with Crippen molar-refractivity contribution in [2.24, 2.45) is 0 Å². The molecule has 3 nitrogen and oxygen atoms in total. The second-order valence-electron chi connectivity index (χ2n) is 3.18. The first-order chi connectivity index (χ1) is 7.20. The highest BCUT2D eigenvalue weighted by Crippen LogP contribution is 2.25. The Kier molecular flexibility index (Phi) is 2.41. The van der Waals surface area contributed by atoms with Crippen LogP contribution in [0.3, 0.4) is 0 Å². The van der Waals surface area contributed by atoms with Crippen LogP contribution in [-0.4, -0.2) is 12.0 Å². The lowest BCUT2D eigenvalue weighted by Crippen LogP contribution is -1.87. The molecular weight excluding hydrogens is 195 g/mol. The van der Waals surface area contributed by atoms with Gasteiger partial charge in [-0.05, 0) is 19.1 Å². The highest BCUT2D eigenvalue weighted by Gasteiger charge is 2.10. The van der Waals surface area contributed by atoms with Crippen molar-refractivity contribution in [3.63, 3.8) is 0 Å². The van der Waals surface area contributed by atoms with Gasteiger partial charge >= 0.3 is 0 Å². The number of nitrogens with one attached hydrogen (secondary N) is 1. The molecule has 2 aromatic rings. The fourth-order valence-corrected chi connectivity index (χ4v) is 1.41. The number of hydrogen-bond acceptors (Lipinski definition) is 3. The Hall–Kier alpha value is -1.84. The van der Waals surface area contributed by atoms with Crippen LogP contribution in [0, 0.1) is 12.7 Å². The van der Waals surface area contributed by atoms with E-state index in [2.05, 4.69) is 10.3 Å². The predicted octanol–water partition coefficient (Wildman–Crippen LogP) is 2.83. The molecule has 2 rings (SSSR count). The van der Waals surface area contributed by atoms with Crippen LogP contribution in [0.5, 0.6) is 0 Å². The summed E-state index contributed by atoms with van der Waals surface area (Å²) in [5.41, 5.74) is 1.39. The number of aryl methyl sites for hydroxylation is 1. The van der Waals surface area contributed by atoms with E-state index in [1.807, 2.05) is 0 Å². The van der Waals surface area contributed by atoms with Crippen molar-refractivity contribution >= 4 is 6.01 Å². The third kappa shape index (κ3) is 1.83. The van der Waals surface area contributed by atoms with Crippen molar-refractivity contribution in [2.75, 3.05) is 12.4 Å². The van der Waals surface area contributed by atoms with Crippen molar-refractivity contribution < 1.29 is 8.81 Å². The summed E-state index contributed by atoms with van der Waals surface area (Å²) in [5, 5.41) is 2.80. The maximum absolute atomic E-state index is 13.0. The molecule has 78 valence electrons. The van der Waals surface area contributed by atoms with Crippen LogP contribution in [-0.2, 0) is 0 Å². The molecule has 4 heteroatoms. The predicted molar refractivity (Wildman–Crippen MR) is 56.2 cm³/mol. The number of halogens is 1. The first-order valence-corrected chi connectivity index (χ1v) is 4.62. The average molecular weight is 206 g/mol. The first-order valence-electron chi connectivity index (χ1n) is 4.62. The molecule has 0 amide bonds. The highest BCUT2D eigenvalue weighted by atomic mass is 19.1. The summed E-state index contributed by atoms with van der Waals surface area (Å²) in [7, 11) is 1.72. The maximum Gasteiger partial charge on any atom is 0.295 e. The minimum Gasteiger partial charge on any atom is -0.428 e. The lowest BCUT2D eigenvalue weighted by molar-refractivity contribution is 0.544. The van der Waals surface area contributed by atoms with Gasteiger partial charge in [0.15, 0.2) is 0 Å². The SMILES string of the molecule is CNc1nc(-c2cccc(F)c2)c(C)o1. The number of nitrogens with zero attached hydrogens (tertiary/aromatic N) is 1. The molecule has 1 aromatic carbocycles. The summed E-state index contributed by atoms with van der Waals surface area (Å²) in [6.45, 7) is 1.80. The van der Waals surface area contributed by atoms with Crippen molar-refractivity contribution in [3.8, 4) is 11.3 Å². The molecule has 0 atom stereocenters. The van der Waals surface area contributed by atoms with Gasteiger partial charge in [0.1, 0.15) is 17.3 Å². The van der Waals surface area contributed by atoms with Crippen LogP contribution >= 0.6 is 0 Å². The zero-order chi connectivity index (χ0) is 10.8. The molecular formula is C11H11FN2O. The minimum absolute atomic E-state index is 0.277. The van der Waals surface area contributed by atoms with Crippen LogP contribution in [0.2, 0.25) is 0 Å². The number of anilines is 1. The quantitative estimate of drug-likeness (QED) is 0.821. The summed E-state index contributed by atoms with van der Waals surface area (Å²) < 4.78 is 18.3. The molecule has 0 bridgehead atoms. The second-order valence-corrected chi connectivity index (χ2v) is 3.18. The van der Waals surface area contributed by atoms with E-state index in [0.29, 0.717) is 17.5 Å². The highest BCUT2D eigenvalue weighted by molar-refractivity contribution is 5.62. The van der Waals surface area contributed by atoms with Gasteiger partial charge < -0.3 is 9.73 Å². The Labute approximate surface area is 86.9 Å². The molecule has 0 aliphatic carbocycles. The van der Waals surface area contributed by atoms with Gasteiger partial charge in [-0.3, -0.25) is 0 Å². The van der Waals surface area contributed by atoms with Crippen LogP contribution < -0.4 is 5.32 Å². The summed E-state index contributed by atoms with van der Waals surface area (Å²) in [6.07, 6.45) is 0. The molecule has 0 aliphatic rings. The van der Waals surface area contributed by atoms with Crippen LogP contribution in [0.15, 0.2) is 28.7 Å². The van der Waals surface area contributed by atoms with Gasteiger partial charge in [-0.1, -0.05) is 12.1 Å². The number of hydrogen-bond donors (Lipinski definition) is 1. The molecule has 0 unspecified atom stereocenters. The van der Waals surface area contributed by atoms with Gasteiger partial charge in [0, 0.05) is 12.6 Å². The van der Waals surface area contributed by atoms with Gasteiger partial charge in [-0.15, -0.1) is 0 Å². The molecule has 0 saturated carbocycles. The van der Waals surface area contributed by atoms with E-state index in [1.165, 1.54) is 12.1 Å². The van der Waals surface area contributed by atoms with Crippen molar-refractivity contribution in [1.82, 2.24) is 4.98 Å². The maximum atomic E-state index is 13.0. The summed E-state index contributed by atoms with van der Waals surface area (Å²) in [6, 6.07) is 6.72. The fraction of sp³-hybridized carbons (Fsp3) is 0.182. The lowest BCUT2D eigenvalue weighted by atomic mass is 10.1. The van der Waals surface area contributed by atoms with Crippen molar-refractivity contribution in [3.05, 3.63) is 35.8 Å². The number of benzene rings is 1. The standard InChI is InChI=1S/C11H11FN2O/c1-7-10(14-11(13-2)15-7)8-4-3-5-9(12)6-8/h3-6H,1-2H3,(H,13,14). The van der Waals surface area contributed by atoms with Gasteiger partial charge in [0.25, 0.3) is 6.01 Å². The number of aromatic nitrogens is 1. The van der Waals surface area contributed by atoms with Crippen molar-refractivity contribution in [1.29, 1.82) is 0 Å². The van der Waals surface area contributed by atoms with E-state index < -0.39 is 0 Å². The topological polar surface area (TPSA) is 38.1 Å². The van der Waals surface area contributed by atoms with E-state index in [9.17, 15) is 4.39 Å². The molecule has 0 radical (unpaired) electrons. The van der Waals surface area contributed by atoms with Gasteiger partial charge in [0.2, 0.25) is 0 Å². The normalized spacial score (nSPS) is 10.3. The Balaban J connectivity index is 2.48. The van der Waals surface area contributed by atoms with E-state index in [1.54, 1.807) is 26.1 Å². The van der Waals surface area contributed by atoms with Crippen LogP contribution in [0.25, 0.3) is 11.3 Å². The molecule has 1 aromatic heterocycles. The van der Waals surface area contributed by atoms with Crippen molar-refractivity contribution in [2.45, 2.75) is 6.92 Å². The van der Waals surface area contributed by atoms with Crippen LogP contribution in [0.1, 0.15) is 5.76 Å². The monoisotopic (exact) mass is 206 g/mol. The van der Waals surface area contributed by atoms with E-state index in [4.69, 9.17) is 4.42 Å². The zero-order valence-electron chi connectivity index (χ0n) is 8.54. The van der Waals surface area contributed by atoms with E-state index in [-0.39, 0.29) is 5.82 Å². The zero-order valence-corrected chi connectivity index (χ0v) is 8.54. The molecule has 0 fully saturated rings. The van der Waals surface area contributed by atoms with Gasteiger partial charge in [-0.2, -0.15) is 4.98 Å². The Morgan fingerprint density at radius 3 is 2.80 bits per heavy atom. The average Bonchev–Trinajstić information content (AvgIpc) is 2.60. The molecule has 1 N–H and O–H groups in total. The summed E-state index contributed by atoms with van der Waals surface area (Å²) in [4.78, 5) is 4.20. The molecule has 0 saturated heterocycles. The minimum atomic E-state index is -0.277. The number of oxazole rings is 1. The largest absolute Gasteiger partial charge is 0.428 e. The fourth-order valence-electron chi connectivity index (χ4n) is 1.41. The smallest absolute Gasteiger partial charge is 0.295 e. The van der Waals surface area contributed by atoms with Gasteiger partial charge in [-0.25, -0.2) is 4.39 Å². The number of rotatable bonds is 2. The Morgan fingerprint density at radius 2 is 2.20 bits per heavy atom. The lowest BCUT2D eigenvalue weighted by Gasteiger charge is -1.96. The van der Waals surface area contributed by atoms with E-state index in [0.717, 1.165) is 5.56 Å². The first kappa shape index (κ1) is 9.71. The summed E-state index contributed by atoms with van der Waals surface area (Å²) in [5.74, 6) is 0.394.